The van der Waals surface area contributed by atoms with E-state index in [4.69, 9.17) is 4.74 Å². The molecule has 0 spiro atoms. The Labute approximate surface area is 186 Å². The third-order valence-corrected chi connectivity index (χ3v) is 6.09. The van der Waals surface area contributed by atoms with Crippen molar-refractivity contribution in [1.29, 1.82) is 0 Å². The maximum Gasteiger partial charge on any atom is 0.226 e. The number of aryl methyl sites for hydroxylation is 1. The molecule has 1 aliphatic heterocycles. The number of aromatic nitrogens is 4. The summed E-state index contributed by atoms with van der Waals surface area (Å²) in [6.07, 6.45) is 6.46. The Kier molecular flexibility index (Phi) is 5.41. The van der Waals surface area contributed by atoms with E-state index in [0.717, 1.165) is 34.4 Å². The van der Waals surface area contributed by atoms with E-state index < -0.39 is 0 Å². The summed E-state index contributed by atoms with van der Waals surface area (Å²) in [4.78, 5) is 21.5. The second-order valence-electron chi connectivity index (χ2n) is 8.35. The molecule has 1 amide bonds. The van der Waals surface area contributed by atoms with Crippen LogP contribution in [0.4, 0.5) is 0 Å². The minimum Gasteiger partial charge on any atom is -0.380 e. The van der Waals surface area contributed by atoms with Gasteiger partial charge in [0.25, 0.3) is 0 Å². The number of nitrogens with one attached hydrogen (secondary N) is 1. The summed E-state index contributed by atoms with van der Waals surface area (Å²) in [7, 11) is 0. The highest BCUT2D eigenvalue weighted by atomic mass is 16.5. The van der Waals surface area contributed by atoms with Crippen LogP contribution < -0.4 is 5.32 Å². The minimum absolute atomic E-state index is 0.0452. The fourth-order valence-electron chi connectivity index (χ4n) is 4.30. The zero-order valence-corrected chi connectivity index (χ0v) is 18.0. The van der Waals surface area contributed by atoms with Crippen LogP contribution in [-0.4, -0.2) is 45.4 Å². The second kappa shape index (κ2) is 8.51. The van der Waals surface area contributed by atoms with Gasteiger partial charge in [0.15, 0.2) is 0 Å². The number of pyridine rings is 2. The van der Waals surface area contributed by atoms with Crippen molar-refractivity contribution in [3.63, 3.8) is 0 Å². The molecule has 7 heteroatoms. The molecule has 4 heterocycles. The van der Waals surface area contributed by atoms with Crippen LogP contribution in [0.2, 0.25) is 0 Å². The van der Waals surface area contributed by atoms with Crippen molar-refractivity contribution in [2.24, 2.45) is 0 Å². The molecule has 1 fully saturated rings. The van der Waals surface area contributed by atoms with Crippen LogP contribution in [-0.2, 0) is 21.4 Å². The quantitative estimate of drug-likeness (QED) is 0.511. The van der Waals surface area contributed by atoms with Gasteiger partial charge in [0.2, 0.25) is 5.91 Å². The molecule has 0 bridgehead atoms. The molecule has 162 valence electrons. The molecular formula is C25H25N5O2. The minimum atomic E-state index is -0.169. The highest BCUT2D eigenvalue weighted by Crippen LogP contribution is 2.32. The normalized spacial score (nSPS) is 18.2. The molecule has 1 unspecified atom stereocenters. The molecule has 3 aromatic heterocycles. The molecule has 1 N–H and O–H groups in total. The molecule has 7 nitrogen and oxygen atoms in total. The fraction of sp³-hybridized carbons (Fsp3) is 0.280. The molecule has 0 radical (unpaired) electrons. The molecule has 1 aromatic carbocycles. The van der Waals surface area contributed by atoms with Gasteiger partial charge in [-0.25, -0.2) is 4.68 Å². The Morgan fingerprint density at radius 1 is 1.16 bits per heavy atom. The maximum absolute atomic E-state index is 12.7. The SMILES string of the molecule is Cc1cc(-n2ncc3cc(CC(=O)NCC4(c5ccccc5)CCOC4)ncc32)ccn1. The number of benzene rings is 1. The molecule has 0 aliphatic carbocycles. The van der Waals surface area contributed by atoms with E-state index in [2.05, 4.69) is 32.5 Å². The van der Waals surface area contributed by atoms with Crippen molar-refractivity contribution >= 4 is 16.8 Å². The molecule has 32 heavy (non-hydrogen) atoms. The van der Waals surface area contributed by atoms with Crippen LogP contribution in [0.3, 0.4) is 0 Å². The lowest BCUT2D eigenvalue weighted by molar-refractivity contribution is -0.120. The summed E-state index contributed by atoms with van der Waals surface area (Å²) < 4.78 is 7.52. The van der Waals surface area contributed by atoms with E-state index in [1.54, 1.807) is 18.6 Å². The Morgan fingerprint density at radius 2 is 2.03 bits per heavy atom. The first-order valence-corrected chi connectivity index (χ1v) is 10.8. The topological polar surface area (TPSA) is 81.9 Å². The summed E-state index contributed by atoms with van der Waals surface area (Å²) in [6.45, 7) is 3.83. The molecule has 1 aliphatic rings. The fourth-order valence-corrected chi connectivity index (χ4v) is 4.30. The first kappa shape index (κ1) is 20.3. The first-order chi connectivity index (χ1) is 15.6. The van der Waals surface area contributed by atoms with Gasteiger partial charge in [-0.3, -0.25) is 14.8 Å². The molecule has 1 saturated heterocycles. The van der Waals surface area contributed by atoms with E-state index >= 15 is 0 Å². The lowest BCUT2D eigenvalue weighted by Gasteiger charge is -2.28. The highest BCUT2D eigenvalue weighted by Gasteiger charge is 2.36. The number of rotatable bonds is 6. The lowest BCUT2D eigenvalue weighted by Crippen LogP contribution is -2.41. The van der Waals surface area contributed by atoms with Gasteiger partial charge in [0.1, 0.15) is 0 Å². The van der Waals surface area contributed by atoms with Crippen molar-refractivity contribution in [2.45, 2.75) is 25.2 Å². The number of hydrogen-bond donors (Lipinski definition) is 1. The number of carbonyl (C=O) groups is 1. The number of carbonyl (C=O) groups excluding carboxylic acids is 1. The molecule has 4 aromatic rings. The van der Waals surface area contributed by atoms with Crippen molar-refractivity contribution < 1.29 is 9.53 Å². The lowest BCUT2D eigenvalue weighted by atomic mass is 9.80. The number of nitrogens with zero attached hydrogens (tertiary/aromatic N) is 4. The van der Waals surface area contributed by atoms with Crippen LogP contribution in [0.1, 0.15) is 23.4 Å². The van der Waals surface area contributed by atoms with Gasteiger partial charge in [0, 0.05) is 35.8 Å². The average molecular weight is 428 g/mol. The Hall–Kier alpha value is -3.58. The average Bonchev–Trinajstić information content (AvgIpc) is 3.46. The van der Waals surface area contributed by atoms with Gasteiger partial charge in [-0.1, -0.05) is 30.3 Å². The van der Waals surface area contributed by atoms with Crippen molar-refractivity contribution in [3.05, 3.63) is 84.1 Å². The first-order valence-electron chi connectivity index (χ1n) is 10.8. The van der Waals surface area contributed by atoms with E-state index in [1.165, 1.54) is 5.56 Å². The van der Waals surface area contributed by atoms with Gasteiger partial charge < -0.3 is 10.1 Å². The number of ether oxygens (including phenoxy) is 1. The number of fused-ring (bicyclic) bond motifs is 1. The summed E-state index contributed by atoms with van der Waals surface area (Å²) in [5, 5.41) is 8.55. The standard InChI is InChI=1S/C25H25N5O2/c1-18-11-22(7-9-26-18)30-23-15-27-21(12-19(23)14-29-30)13-24(31)28-16-25(8-10-32-17-25)20-5-3-2-4-6-20/h2-7,9,11-12,14-15H,8,10,13,16-17H2,1H3,(H,28,31). The summed E-state index contributed by atoms with van der Waals surface area (Å²) >= 11 is 0. The van der Waals surface area contributed by atoms with Crippen molar-refractivity contribution in [1.82, 2.24) is 25.1 Å². The largest absolute Gasteiger partial charge is 0.380 e. The van der Waals surface area contributed by atoms with E-state index in [9.17, 15) is 4.79 Å². The van der Waals surface area contributed by atoms with Gasteiger partial charge in [-0.15, -0.1) is 0 Å². The smallest absolute Gasteiger partial charge is 0.226 e. The van der Waals surface area contributed by atoms with Crippen molar-refractivity contribution in [2.75, 3.05) is 19.8 Å². The van der Waals surface area contributed by atoms with Gasteiger partial charge in [0.05, 0.1) is 42.3 Å². The Balaban J connectivity index is 1.29. The Bertz CT molecular complexity index is 1250. The van der Waals surface area contributed by atoms with E-state index in [-0.39, 0.29) is 17.7 Å². The molecular weight excluding hydrogens is 402 g/mol. The van der Waals surface area contributed by atoms with E-state index in [1.807, 2.05) is 48.0 Å². The van der Waals surface area contributed by atoms with Gasteiger partial charge >= 0.3 is 0 Å². The zero-order chi connectivity index (χ0) is 22.0. The van der Waals surface area contributed by atoms with Gasteiger partial charge in [-0.2, -0.15) is 5.10 Å². The highest BCUT2D eigenvalue weighted by molar-refractivity contribution is 5.82. The predicted octanol–water partition coefficient (Wildman–Crippen LogP) is 3.14. The van der Waals surface area contributed by atoms with E-state index in [0.29, 0.717) is 19.8 Å². The van der Waals surface area contributed by atoms with Gasteiger partial charge in [-0.05, 0) is 37.1 Å². The summed E-state index contributed by atoms with van der Waals surface area (Å²) in [5.74, 6) is -0.0452. The predicted molar refractivity (Wildman–Crippen MR) is 122 cm³/mol. The van der Waals surface area contributed by atoms with Crippen LogP contribution in [0, 0.1) is 6.92 Å². The summed E-state index contributed by atoms with van der Waals surface area (Å²) in [6, 6.07) is 16.1. The molecule has 1 atom stereocenters. The second-order valence-corrected chi connectivity index (χ2v) is 8.35. The summed E-state index contributed by atoms with van der Waals surface area (Å²) in [5.41, 5.74) is 4.51. The molecule has 0 saturated carbocycles. The number of hydrogen-bond acceptors (Lipinski definition) is 5. The molecule has 5 rings (SSSR count). The van der Waals surface area contributed by atoms with Crippen LogP contribution >= 0.6 is 0 Å². The van der Waals surface area contributed by atoms with Crippen LogP contribution in [0.25, 0.3) is 16.6 Å². The zero-order valence-electron chi connectivity index (χ0n) is 18.0. The van der Waals surface area contributed by atoms with Crippen LogP contribution in [0.15, 0.2) is 67.1 Å². The Morgan fingerprint density at radius 3 is 2.81 bits per heavy atom. The monoisotopic (exact) mass is 427 g/mol. The third-order valence-electron chi connectivity index (χ3n) is 6.09. The maximum atomic E-state index is 12.7. The number of amides is 1. The van der Waals surface area contributed by atoms with Crippen molar-refractivity contribution in [3.8, 4) is 5.69 Å². The van der Waals surface area contributed by atoms with Crippen LogP contribution in [0.5, 0.6) is 0 Å². The third kappa shape index (κ3) is 3.99.